The van der Waals surface area contributed by atoms with E-state index in [0.29, 0.717) is 17.1 Å². The lowest BCUT2D eigenvalue weighted by molar-refractivity contribution is 0.0932. The van der Waals surface area contributed by atoms with Gasteiger partial charge in [-0.2, -0.15) is 0 Å². The van der Waals surface area contributed by atoms with Crippen LogP contribution >= 0.6 is 0 Å². The van der Waals surface area contributed by atoms with Crippen molar-refractivity contribution in [3.8, 4) is 11.5 Å². The van der Waals surface area contributed by atoms with Crippen molar-refractivity contribution in [2.75, 3.05) is 6.79 Å². The van der Waals surface area contributed by atoms with Gasteiger partial charge in [0.15, 0.2) is 11.5 Å². The van der Waals surface area contributed by atoms with Crippen LogP contribution in [-0.2, 0) is 6.42 Å². The normalized spacial score (nSPS) is 18.6. The van der Waals surface area contributed by atoms with Crippen molar-refractivity contribution in [3.63, 3.8) is 0 Å². The largest absolute Gasteiger partial charge is 0.454 e. The minimum Gasteiger partial charge on any atom is -0.454 e. The lowest BCUT2D eigenvalue weighted by Gasteiger charge is -2.26. The summed E-state index contributed by atoms with van der Waals surface area (Å²) in [4.78, 5) is 12.5. The van der Waals surface area contributed by atoms with Gasteiger partial charge in [-0.05, 0) is 48.6 Å². The fourth-order valence-electron chi connectivity index (χ4n) is 3.18. The molecular formula is C18H17NO3. The summed E-state index contributed by atoms with van der Waals surface area (Å²) < 4.78 is 10.6. The first kappa shape index (κ1) is 13.2. The summed E-state index contributed by atoms with van der Waals surface area (Å²) in [7, 11) is 0. The summed E-state index contributed by atoms with van der Waals surface area (Å²) >= 11 is 0. The van der Waals surface area contributed by atoms with Crippen molar-refractivity contribution in [2.24, 2.45) is 0 Å². The SMILES string of the molecule is O=C(N[C@@H]1CCCc2ccccc21)c1ccc2c(c1)OCO2. The van der Waals surface area contributed by atoms with Gasteiger partial charge in [0.05, 0.1) is 6.04 Å². The number of amides is 1. The number of rotatable bonds is 2. The van der Waals surface area contributed by atoms with Crippen molar-refractivity contribution in [2.45, 2.75) is 25.3 Å². The average Bonchev–Trinajstić information content (AvgIpc) is 3.02. The fraction of sp³-hybridized carbons (Fsp3) is 0.278. The number of ether oxygens (including phenoxy) is 2. The van der Waals surface area contributed by atoms with Gasteiger partial charge in [-0.25, -0.2) is 0 Å². The lowest BCUT2D eigenvalue weighted by Crippen LogP contribution is -2.30. The van der Waals surface area contributed by atoms with Crippen LogP contribution in [0.3, 0.4) is 0 Å². The predicted molar refractivity (Wildman–Crippen MR) is 82.2 cm³/mol. The number of hydrogen-bond donors (Lipinski definition) is 1. The minimum absolute atomic E-state index is 0.0694. The molecule has 1 aliphatic carbocycles. The minimum atomic E-state index is -0.0694. The highest BCUT2D eigenvalue weighted by Crippen LogP contribution is 2.33. The summed E-state index contributed by atoms with van der Waals surface area (Å²) in [5.41, 5.74) is 3.18. The van der Waals surface area contributed by atoms with Crippen LogP contribution < -0.4 is 14.8 Å². The molecule has 2 aliphatic rings. The van der Waals surface area contributed by atoms with Crippen LogP contribution in [0.4, 0.5) is 0 Å². The highest BCUT2D eigenvalue weighted by molar-refractivity contribution is 5.95. The Morgan fingerprint density at radius 3 is 2.91 bits per heavy atom. The van der Waals surface area contributed by atoms with Crippen LogP contribution in [0.2, 0.25) is 0 Å². The summed E-state index contributed by atoms with van der Waals surface area (Å²) in [6.45, 7) is 0.219. The Labute approximate surface area is 129 Å². The molecule has 0 unspecified atom stereocenters. The van der Waals surface area contributed by atoms with Crippen molar-refractivity contribution < 1.29 is 14.3 Å². The van der Waals surface area contributed by atoms with E-state index in [1.807, 2.05) is 6.07 Å². The van der Waals surface area contributed by atoms with E-state index in [1.54, 1.807) is 18.2 Å². The highest BCUT2D eigenvalue weighted by Gasteiger charge is 2.23. The molecule has 22 heavy (non-hydrogen) atoms. The number of nitrogens with one attached hydrogen (secondary N) is 1. The van der Waals surface area contributed by atoms with Gasteiger partial charge in [-0.1, -0.05) is 24.3 Å². The maximum Gasteiger partial charge on any atom is 0.251 e. The topological polar surface area (TPSA) is 47.6 Å². The van der Waals surface area contributed by atoms with Crippen molar-refractivity contribution in [1.29, 1.82) is 0 Å². The van der Waals surface area contributed by atoms with Crippen LogP contribution in [0.15, 0.2) is 42.5 Å². The summed E-state index contributed by atoms with van der Waals surface area (Å²) in [5.74, 6) is 1.26. The molecule has 0 spiro atoms. The van der Waals surface area contributed by atoms with Gasteiger partial charge in [-0.3, -0.25) is 4.79 Å². The van der Waals surface area contributed by atoms with E-state index in [9.17, 15) is 4.79 Å². The number of aryl methyl sites for hydroxylation is 1. The van der Waals surface area contributed by atoms with E-state index in [2.05, 4.69) is 23.5 Å². The van der Waals surface area contributed by atoms with Crippen molar-refractivity contribution in [1.82, 2.24) is 5.32 Å². The second-order valence-electron chi connectivity index (χ2n) is 5.69. The number of fused-ring (bicyclic) bond motifs is 2. The molecule has 0 saturated heterocycles. The summed E-state index contributed by atoms with van der Waals surface area (Å²) in [5, 5.41) is 3.15. The number of hydrogen-bond acceptors (Lipinski definition) is 3. The Balaban J connectivity index is 1.55. The van der Waals surface area contributed by atoms with Crippen LogP contribution in [0.5, 0.6) is 11.5 Å². The van der Waals surface area contributed by atoms with E-state index in [4.69, 9.17) is 9.47 Å². The quantitative estimate of drug-likeness (QED) is 0.925. The third kappa shape index (κ3) is 2.30. The molecule has 112 valence electrons. The van der Waals surface area contributed by atoms with Crippen molar-refractivity contribution in [3.05, 3.63) is 59.2 Å². The average molecular weight is 295 g/mol. The van der Waals surface area contributed by atoms with E-state index in [1.165, 1.54) is 11.1 Å². The molecule has 4 rings (SSSR count). The summed E-state index contributed by atoms with van der Waals surface area (Å²) in [6, 6.07) is 13.7. The first-order valence-electron chi connectivity index (χ1n) is 7.59. The monoisotopic (exact) mass is 295 g/mol. The molecule has 4 nitrogen and oxygen atoms in total. The zero-order valence-electron chi connectivity index (χ0n) is 12.2. The molecule has 0 aromatic heterocycles. The van der Waals surface area contributed by atoms with Gasteiger partial charge in [0, 0.05) is 5.56 Å². The van der Waals surface area contributed by atoms with Gasteiger partial charge < -0.3 is 14.8 Å². The molecule has 1 N–H and O–H groups in total. The maximum atomic E-state index is 12.5. The second kappa shape index (κ2) is 5.37. The third-order valence-electron chi connectivity index (χ3n) is 4.31. The smallest absolute Gasteiger partial charge is 0.251 e. The molecule has 1 atom stereocenters. The maximum absolute atomic E-state index is 12.5. The van der Waals surface area contributed by atoms with Crippen LogP contribution in [0, 0.1) is 0 Å². The van der Waals surface area contributed by atoms with Crippen LogP contribution in [0.25, 0.3) is 0 Å². The molecule has 1 amide bonds. The fourth-order valence-corrected chi connectivity index (χ4v) is 3.18. The standard InChI is InChI=1S/C18H17NO3/c20-18(13-8-9-16-17(10-13)22-11-21-16)19-15-7-3-5-12-4-1-2-6-14(12)15/h1-2,4,6,8-10,15H,3,5,7,11H2,(H,19,20)/t15-/m1/s1. The number of carbonyl (C=O) groups excluding carboxylic acids is 1. The molecule has 1 aliphatic heterocycles. The van der Waals surface area contributed by atoms with Gasteiger partial charge in [0.1, 0.15) is 0 Å². The first-order chi connectivity index (χ1) is 10.8. The molecule has 1 heterocycles. The molecule has 0 saturated carbocycles. The number of carbonyl (C=O) groups is 1. The molecule has 0 radical (unpaired) electrons. The lowest BCUT2D eigenvalue weighted by atomic mass is 9.87. The Bertz CT molecular complexity index is 726. The predicted octanol–water partition coefficient (Wildman–Crippen LogP) is 3.22. The molecule has 0 fully saturated rings. The zero-order chi connectivity index (χ0) is 14.9. The Morgan fingerprint density at radius 1 is 1.09 bits per heavy atom. The molecule has 4 heteroatoms. The highest BCUT2D eigenvalue weighted by atomic mass is 16.7. The zero-order valence-corrected chi connectivity index (χ0v) is 12.2. The van der Waals surface area contributed by atoms with Gasteiger partial charge in [0.2, 0.25) is 6.79 Å². The van der Waals surface area contributed by atoms with E-state index in [0.717, 1.165) is 19.3 Å². The molecule has 0 bridgehead atoms. The van der Waals surface area contributed by atoms with E-state index < -0.39 is 0 Å². The molecule has 2 aromatic rings. The number of benzene rings is 2. The third-order valence-corrected chi connectivity index (χ3v) is 4.31. The van der Waals surface area contributed by atoms with Crippen LogP contribution in [0.1, 0.15) is 40.4 Å². The van der Waals surface area contributed by atoms with Crippen molar-refractivity contribution >= 4 is 5.91 Å². The summed E-state index contributed by atoms with van der Waals surface area (Å²) in [6.07, 6.45) is 3.17. The van der Waals surface area contributed by atoms with E-state index in [-0.39, 0.29) is 18.7 Å². The Morgan fingerprint density at radius 2 is 1.95 bits per heavy atom. The van der Waals surface area contributed by atoms with Crippen LogP contribution in [-0.4, -0.2) is 12.7 Å². The second-order valence-corrected chi connectivity index (χ2v) is 5.69. The van der Waals surface area contributed by atoms with E-state index >= 15 is 0 Å². The molecular weight excluding hydrogens is 278 g/mol. The van der Waals surface area contributed by atoms with Gasteiger partial charge in [0.25, 0.3) is 5.91 Å². The Hall–Kier alpha value is -2.49. The first-order valence-corrected chi connectivity index (χ1v) is 7.59. The van der Waals surface area contributed by atoms with Gasteiger partial charge in [-0.15, -0.1) is 0 Å². The molecule has 2 aromatic carbocycles. The van der Waals surface area contributed by atoms with Gasteiger partial charge >= 0.3 is 0 Å². The Kier molecular flexibility index (Phi) is 3.22.